The van der Waals surface area contributed by atoms with E-state index in [9.17, 15) is 0 Å². The molecule has 1 aromatic rings. The van der Waals surface area contributed by atoms with Gasteiger partial charge in [-0.25, -0.2) is 0 Å². The SMILES string of the molecule is CC(C)c1cc[n-]c1.[W]. The van der Waals surface area contributed by atoms with Crippen LogP contribution in [0.2, 0.25) is 0 Å². The molecule has 50 valence electrons. The van der Waals surface area contributed by atoms with Gasteiger partial charge in [0.05, 0.1) is 0 Å². The number of rotatable bonds is 1. The molecule has 1 aromatic heterocycles. The van der Waals surface area contributed by atoms with Gasteiger partial charge in [-0.3, -0.25) is 0 Å². The number of nitrogens with zero attached hydrogens (tertiary/aromatic N) is 1. The van der Waals surface area contributed by atoms with Gasteiger partial charge < -0.3 is 4.98 Å². The van der Waals surface area contributed by atoms with Gasteiger partial charge >= 0.3 is 0 Å². The summed E-state index contributed by atoms with van der Waals surface area (Å²) in [5.74, 6) is 0.623. The smallest absolute Gasteiger partial charge is 0 e. The van der Waals surface area contributed by atoms with Crippen molar-refractivity contribution in [3.8, 4) is 0 Å². The van der Waals surface area contributed by atoms with Crippen molar-refractivity contribution in [3.63, 3.8) is 0 Å². The molecule has 0 bridgehead atoms. The van der Waals surface area contributed by atoms with Crippen molar-refractivity contribution in [3.05, 3.63) is 24.0 Å². The van der Waals surface area contributed by atoms with Crippen LogP contribution in [0.25, 0.3) is 0 Å². The van der Waals surface area contributed by atoms with Crippen LogP contribution in [0, 0.1) is 0 Å². The average Bonchev–Trinajstić information content (AvgIpc) is 2.12. The van der Waals surface area contributed by atoms with Gasteiger partial charge in [-0.15, -0.1) is 0 Å². The first-order valence-corrected chi connectivity index (χ1v) is 2.87. The summed E-state index contributed by atoms with van der Waals surface area (Å²) in [5.41, 5.74) is 1.32. The molecule has 0 atom stereocenters. The summed E-state index contributed by atoms with van der Waals surface area (Å²) in [6, 6.07) is 2.05. The summed E-state index contributed by atoms with van der Waals surface area (Å²) >= 11 is 0. The van der Waals surface area contributed by atoms with Crippen LogP contribution in [-0.2, 0) is 21.1 Å². The summed E-state index contributed by atoms with van der Waals surface area (Å²) in [4.78, 5) is 3.94. The molecule has 2 heteroatoms. The first kappa shape index (κ1) is 8.97. The summed E-state index contributed by atoms with van der Waals surface area (Å²) in [7, 11) is 0. The van der Waals surface area contributed by atoms with Gasteiger partial charge in [0.1, 0.15) is 0 Å². The van der Waals surface area contributed by atoms with Crippen LogP contribution >= 0.6 is 0 Å². The summed E-state index contributed by atoms with van der Waals surface area (Å²) in [6.07, 6.45) is 3.74. The Morgan fingerprint density at radius 1 is 1.44 bits per heavy atom. The van der Waals surface area contributed by atoms with Crippen molar-refractivity contribution in [2.75, 3.05) is 0 Å². The van der Waals surface area contributed by atoms with E-state index < -0.39 is 0 Å². The van der Waals surface area contributed by atoms with E-state index in [2.05, 4.69) is 18.8 Å². The minimum atomic E-state index is 0. The summed E-state index contributed by atoms with van der Waals surface area (Å²) < 4.78 is 0. The maximum atomic E-state index is 3.94. The zero-order valence-electron chi connectivity index (χ0n) is 5.66. The van der Waals surface area contributed by atoms with Crippen molar-refractivity contribution < 1.29 is 21.1 Å². The zero-order valence-corrected chi connectivity index (χ0v) is 8.60. The van der Waals surface area contributed by atoms with Gasteiger partial charge in [-0.1, -0.05) is 25.5 Å². The quantitative estimate of drug-likeness (QED) is 0.769. The van der Waals surface area contributed by atoms with E-state index in [1.54, 1.807) is 0 Å². The van der Waals surface area contributed by atoms with E-state index >= 15 is 0 Å². The van der Waals surface area contributed by atoms with Crippen LogP contribution in [0.3, 0.4) is 0 Å². The van der Waals surface area contributed by atoms with Crippen molar-refractivity contribution in [1.82, 2.24) is 4.98 Å². The zero-order chi connectivity index (χ0) is 5.98. The largest absolute Gasteiger partial charge is 0.670 e. The maximum absolute atomic E-state index is 3.94. The van der Waals surface area contributed by atoms with Crippen molar-refractivity contribution in [2.45, 2.75) is 19.8 Å². The number of hydrogen-bond acceptors (Lipinski definition) is 0. The van der Waals surface area contributed by atoms with Gasteiger partial charge in [0.2, 0.25) is 0 Å². The minimum absolute atomic E-state index is 0. The second-order valence-corrected chi connectivity index (χ2v) is 2.25. The molecule has 0 radical (unpaired) electrons. The molecule has 0 aliphatic carbocycles. The second kappa shape index (κ2) is 3.89. The van der Waals surface area contributed by atoms with Crippen LogP contribution < -0.4 is 4.98 Å². The van der Waals surface area contributed by atoms with Gasteiger partial charge in [0.15, 0.2) is 0 Å². The molecular weight excluding hydrogens is 282 g/mol. The van der Waals surface area contributed by atoms with Gasteiger partial charge in [-0.2, -0.15) is 12.4 Å². The van der Waals surface area contributed by atoms with E-state index in [1.807, 2.05) is 18.5 Å². The molecule has 0 aromatic carbocycles. The molecule has 0 saturated carbocycles. The maximum Gasteiger partial charge on any atom is 0 e. The molecule has 1 rings (SSSR count). The molecule has 9 heavy (non-hydrogen) atoms. The Bertz CT molecular complexity index is 144. The molecule has 0 unspecified atom stereocenters. The number of hydrogen-bond donors (Lipinski definition) is 0. The summed E-state index contributed by atoms with van der Waals surface area (Å²) in [5, 5.41) is 0. The fraction of sp³-hybridized carbons (Fsp3) is 0.429. The van der Waals surface area contributed by atoms with E-state index in [-0.39, 0.29) is 21.1 Å². The van der Waals surface area contributed by atoms with E-state index in [0.29, 0.717) is 5.92 Å². The molecule has 1 heterocycles. The Labute approximate surface area is 70.1 Å². The first-order valence-electron chi connectivity index (χ1n) is 2.87. The molecule has 0 saturated heterocycles. The molecule has 0 aliphatic heterocycles. The fourth-order valence-corrected chi connectivity index (χ4v) is 0.643. The predicted octanol–water partition coefficient (Wildman–Crippen LogP) is 1.76. The molecule has 0 fully saturated rings. The summed E-state index contributed by atoms with van der Waals surface area (Å²) in [6.45, 7) is 4.33. The van der Waals surface area contributed by atoms with Crippen molar-refractivity contribution in [1.29, 1.82) is 0 Å². The third-order valence-electron chi connectivity index (χ3n) is 1.24. The van der Waals surface area contributed by atoms with Gasteiger partial charge in [-0.05, 0) is 5.92 Å². The average molecular weight is 292 g/mol. The third-order valence-corrected chi connectivity index (χ3v) is 1.24. The van der Waals surface area contributed by atoms with Crippen LogP contribution in [0.5, 0.6) is 0 Å². The standard InChI is InChI=1S/C7H10N.W/c1-6(2)7-3-4-8-5-7;/h3-6H,1-2H3;/q-1;. The van der Waals surface area contributed by atoms with Gasteiger partial charge in [0, 0.05) is 21.1 Å². The Kier molecular flexibility index (Phi) is 3.88. The Hall–Kier alpha value is -0.0317. The normalized spacial score (nSPS) is 9.22. The third kappa shape index (κ3) is 2.36. The minimum Gasteiger partial charge on any atom is -0.670 e. The van der Waals surface area contributed by atoms with E-state index in [0.717, 1.165) is 0 Å². The van der Waals surface area contributed by atoms with Crippen LogP contribution in [0.1, 0.15) is 25.3 Å². The fourth-order valence-electron chi connectivity index (χ4n) is 0.643. The molecular formula is C7H10NW-. The van der Waals surface area contributed by atoms with E-state index in [4.69, 9.17) is 0 Å². The number of aromatic nitrogens is 1. The Morgan fingerprint density at radius 3 is 2.33 bits per heavy atom. The topological polar surface area (TPSA) is 14.1 Å². The Balaban J connectivity index is 0.000000640. The second-order valence-electron chi connectivity index (χ2n) is 2.25. The van der Waals surface area contributed by atoms with Crippen LogP contribution in [0.4, 0.5) is 0 Å². The van der Waals surface area contributed by atoms with Crippen LogP contribution in [0.15, 0.2) is 18.5 Å². The Morgan fingerprint density at radius 2 is 2.11 bits per heavy atom. The first-order chi connectivity index (χ1) is 3.80. The van der Waals surface area contributed by atoms with Crippen molar-refractivity contribution >= 4 is 0 Å². The van der Waals surface area contributed by atoms with Crippen LogP contribution in [-0.4, -0.2) is 0 Å². The van der Waals surface area contributed by atoms with Crippen molar-refractivity contribution in [2.24, 2.45) is 0 Å². The molecule has 0 spiro atoms. The molecule has 0 N–H and O–H groups in total. The predicted molar refractivity (Wildman–Crippen MR) is 33.9 cm³/mol. The molecule has 1 nitrogen and oxygen atoms in total. The van der Waals surface area contributed by atoms with Gasteiger partial charge in [0.25, 0.3) is 0 Å². The van der Waals surface area contributed by atoms with E-state index in [1.165, 1.54) is 5.56 Å². The molecule has 0 aliphatic rings. The molecule has 0 amide bonds. The monoisotopic (exact) mass is 292 g/mol.